The third-order valence-electron chi connectivity index (χ3n) is 3.90. The van der Waals surface area contributed by atoms with Crippen LogP contribution in [0.25, 0.3) is 6.08 Å². The molecule has 26 heavy (non-hydrogen) atoms. The van der Waals surface area contributed by atoms with E-state index >= 15 is 0 Å². The summed E-state index contributed by atoms with van der Waals surface area (Å²) in [5.41, 5.74) is 1.56. The standard InChI is InChI=1S/C19H15N3O4/c23-21(24)18-10-9-16(19(13-18)22(25)26)12-17-8-4-5-11-20(17)14-15-6-2-1-3-7-15/h1-13H,14H2. The summed E-state index contributed by atoms with van der Waals surface area (Å²) in [4.78, 5) is 22.9. The molecule has 0 atom stereocenters. The molecular formula is C19H15N3O4. The highest BCUT2D eigenvalue weighted by Crippen LogP contribution is 2.28. The lowest BCUT2D eigenvalue weighted by Crippen LogP contribution is -2.16. The van der Waals surface area contributed by atoms with Gasteiger partial charge in [0.15, 0.2) is 0 Å². The lowest BCUT2D eigenvalue weighted by Gasteiger charge is -2.24. The van der Waals surface area contributed by atoms with Crippen molar-refractivity contribution in [1.82, 2.24) is 4.90 Å². The van der Waals surface area contributed by atoms with Crippen LogP contribution in [0.1, 0.15) is 11.1 Å². The highest BCUT2D eigenvalue weighted by Gasteiger charge is 2.19. The number of allylic oxidation sites excluding steroid dienone is 3. The van der Waals surface area contributed by atoms with Gasteiger partial charge in [0.25, 0.3) is 11.4 Å². The van der Waals surface area contributed by atoms with Gasteiger partial charge in [-0.2, -0.15) is 0 Å². The van der Waals surface area contributed by atoms with Crippen LogP contribution in [0.3, 0.4) is 0 Å². The molecule has 3 rings (SSSR count). The first-order valence-electron chi connectivity index (χ1n) is 7.84. The van der Waals surface area contributed by atoms with Gasteiger partial charge in [-0.3, -0.25) is 20.2 Å². The number of non-ortho nitro benzene ring substituents is 1. The Morgan fingerprint density at radius 1 is 0.962 bits per heavy atom. The Labute approximate surface area is 149 Å². The van der Waals surface area contributed by atoms with Gasteiger partial charge < -0.3 is 4.90 Å². The highest BCUT2D eigenvalue weighted by molar-refractivity contribution is 5.67. The second-order valence-electron chi connectivity index (χ2n) is 5.64. The molecule has 7 nitrogen and oxygen atoms in total. The number of hydrogen-bond acceptors (Lipinski definition) is 5. The number of nitro groups is 2. The lowest BCUT2D eigenvalue weighted by atomic mass is 10.1. The summed E-state index contributed by atoms with van der Waals surface area (Å²) in [6.07, 6.45) is 9.10. The average Bonchev–Trinajstić information content (AvgIpc) is 2.64. The van der Waals surface area contributed by atoms with Crippen LogP contribution in [-0.2, 0) is 6.54 Å². The monoisotopic (exact) mass is 349 g/mol. The summed E-state index contributed by atoms with van der Waals surface area (Å²) < 4.78 is 0. The van der Waals surface area contributed by atoms with Gasteiger partial charge >= 0.3 is 0 Å². The van der Waals surface area contributed by atoms with Gasteiger partial charge in [-0.1, -0.05) is 36.4 Å². The van der Waals surface area contributed by atoms with Gasteiger partial charge in [0, 0.05) is 24.5 Å². The molecular weight excluding hydrogens is 334 g/mol. The van der Waals surface area contributed by atoms with Crippen LogP contribution in [-0.4, -0.2) is 14.7 Å². The highest BCUT2D eigenvalue weighted by atomic mass is 16.6. The van der Waals surface area contributed by atoms with Crippen molar-refractivity contribution >= 4 is 17.5 Å². The molecule has 2 aromatic rings. The topological polar surface area (TPSA) is 89.5 Å². The van der Waals surface area contributed by atoms with E-state index in [0.29, 0.717) is 12.1 Å². The number of benzene rings is 2. The molecule has 0 saturated heterocycles. The van der Waals surface area contributed by atoms with Gasteiger partial charge in [0.2, 0.25) is 0 Å². The molecule has 1 aliphatic rings. The zero-order chi connectivity index (χ0) is 18.5. The molecule has 0 saturated carbocycles. The summed E-state index contributed by atoms with van der Waals surface area (Å²) in [6, 6.07) is 13.5. The van der Waals surface area contributed by atoms with Gasteiger partial charge in [0.1, 0.15) is 0 Å². The van der Waals surface area contributed by atoms with Crippen molar-refractivity contribution in [3.63, 3.8) is 0 Å². The second-order valence-corrected chi connectivity index (χ2v) is 5.64. The molecule has 2 aromatic carbocycles. The summed E-state index contributed by atoms with van der Waals surface area (Å²) in [5.74, 6) is 0. The molecule has 0 aliphatic carbocycles. The van der Waals surface area contributed by atoms with E-state index < -0.39 is 9.85 Å². The third kappa shape index (κ3) is 3.84. The largest absolute Gasteiger partial charge is 0.344 e. The minimum Gasteiger partial charge on any atom is -0.344 e. The Morgan fingerprint density at radius 2 is 1.73 bits per heavy atom. The van der Waals surface area contributed by atoms with E-state index in [1.54, 1.807) is 6.08 Å². The minimum absolute atomic E-state index is 0.297. The first kappa shape index (κ1) is 17.1. The summed E-state index contributed by atoms with van der Waals surface area (Å²) in [7, 11) is 0. The molecule has 0 bridgehead atoms. The van der Waals surface area contributed by atoms with Crippen LogP contribution in [0.15, 0.2) is 78.7 Å². The van der Waals surface area contributed by atoms with Crippen LogP contribution < -0.4 is 0 Å². The fourth-order valence-electron chi connectivity index (χ4n) is 2.63. The Balaban J connectivity index is 1.96. The van der Waals surface area contributed by atoms with Crippen molar-refractivity contribution < 1.29 is 9.85 Å². The number of nitrogens with zero attached hydrogens (tertiary/aromatic N) is 3. The molecule has 0 unspecified atom stereocenters. The van der Waals surface area contributed by atoms with Crippen LogP contribution in [0, 0.1) is 20.2 Å². The zero-order valence-electron chi connectivity index (χ0n) is 13.7. The Hall–Kier alpha value is -3.74. The van der Waals surface area contributed by atoms with E-state index in [-0.39, 0.29) is 11.4 Å². The van der Waals surface area contributed by atoms with E-state index in [2.05, 4.69) is 0 Å². The summed E-state index contributed by atoms with van der Waals surface area (Å²) in [5, 5.41) is 22.2. The Bertz CT molecular complexity index is 933. The van der Waals surface area contributed by atoms with Crippen LogP contribution in [0.4, 0.5) is 11.4 Å². The fourth-order valence-corrected chi connectivity index (χ4v) is 2.63. The van der Waals surface area contributed by atoms with E-state index in [4.69, 9.17) is 0 Å². The van der Waals surface area contributed by atoms with Gasteiger partial charge in [-0.25, -0.2) is 0 Å². The normalized spacial score (nSPS) is 14.6. The molecule has 0 spiro atoms. The molecule has 1 heterocycles. The Morgan fingerprint density at radius 3 is 2.42 bits per heavy atom. The SMILES string of the molecule is O=[N+]([O-])c1ccc(C=C2C=CC=CN2Cc2ccccc2)c([N+](=O)[O-])c1. The smallest absolute Gasteiger partial charge is 0.283 e. The third-order valence-corrected chi connectivity index (χ3v) is 3.90. The maximum absolute atomic E-state index is 11.3. The fraction of sp³-hybridized carbons (Fsp3) is 0.0526. The Kier molecular flexibility index (Phi) is 4.89. The molecule has 0 amide bonds. The van der Waals surface area contributed by atoms with E-state index in [1.165, 1.54) is 12.1 Å². The molecule has 130 valence electrons. The zero-order valence-corrected chi connectivity index (χ0v) is 13.7. The van der Waals surface area contributed by atoms with E-state index in [1.807, 2.05) is 59.7 Å². The minimum atomic E-state index is -0.644. The molecule has 0 aromatic heterocycles. The van der Waals surface area contributed by atoms with Gasteiger partial charge in [0.05, 0.1) is 21.5 Å². The predicted octanol–water partition coefficient (Wildman–Crippen LogP) is 4.43. The van der Waals surface area contributed by atoms with Crippen molar-refractivity contribution in [3.05, 3.63) is 110 Å². The molecule has 1 aliphatic heterocycles. The first-order valence-corrected chi connectivity index (χ1v) is 7.84. The lowest BCUT2D eigenvalue weighted by molar-refractivity contribution is -0.394. The molecule has 0 radical (unpaired) electrons. The molecule has 7 heteroatoms. The maximum Gasteiger partial charge on any atom is 0.283 e. The van der Waals surface area contributed by atoms with Crippen LogP contribution in [0.2, 0.25) is 0 Å². The van der Waals surface area contributed by atoms with Crippen molar-refractivity contribution in [2.45, 2.75) is 6.54 Å². The quantitative estimate of drug-likeness (QED) is 0.588. The van der Waals surface area contributed by atoms with Gasteiger partial charge in [-0.05, 0) is 29.9 Å². The van der Waals surface area contributed by atoms with Crippen molar-refractivity contribution in [3.8, 4) is 0 Å². The van der Waals surface area contributed by atoms with E-state index in [0.717, 1.165) is 17.3 Å². The van der Waals surface area contributed by atoms with Crippen molar-refractivity contribution in [2.75, 3.05) is 0 Å². The number of rotatable bonds is 5. The van der Waals surface area contributed by atoms with E-state index in [9.17, 15) is 20.2 Å². The van der Waals surface area contributed by atoms with Gasteiger partial charge in [-0.15, -0.1) is 0 Å². The second kappa shape index (κ2) is 7.43. The maximum atomic E-state index is 11.3. The summed E-state index contributed by atoms with van der Waals surface area (Å²) in [6.45, 7) is 0.605. The number of hydrogen-bond donors (Lipinski definition) is 0. The first-order chi connectivity index (χ1) is 12.5. The van der Waals surface area contributed by atoms with Crippen molar-refractivity contribution in [2.24, 2.45) is 0 Å². The van der Waals surface area contributed by atoms with Crippen LogP contribution in [0.5, 0.6) is 0 Å². The predicted molar refractivity (Wildman–Crippen MR) is 98.0 cm³/mol. The molecule has 0 N–H and O–H groups in total. The number of nitro benzene ring substituents is 2. The van der Waals surface area contributed by atoms with Crippen molar-refractivity contribution in [1.29, 1.82) is 0 Å². The molecule has 0 fully saturated rings. The summed E-state index contributed by atoms with van der Waals surface area (Å²) >= 11 is 0. The van der Waals surface area contributed by atoms with Crippen LogP contribution >= 0.6 is 0 Å². The average molecular weight is 349 g/mol.